The lowest BCUT2D eigenvalue weighted by Gasteiger charge is -2.23. The highest BCUT2D eigenvalue weighted by atomic mass is 19.4. The van der Waals surface area contributed by atoms with E-state index in [1.807, 2.05) is 17.2 Å². The molecule has 3 rings (SSSR count). The molecule has 1 aromatic carbocycles. The summed E-state index contributed by atoms with van der Waals surface area (Å²) in [7, 11) is 0. The van der Waals surface area contributed by atoms with Gasteiger partial charge < -0.3 is 10.6 Å². The smallest absolute Gasteiger partial charge is 0.322 e. The minimum absolute atomic E-state index is 0.451. The van der Waals surface area contributed by atoms with Crippen molar-refractivity contribution in [2.75, 3.05) is 18.4 Å². The first-order valence-electron chi connectivity index (χ1n) is 7.68. The number of H-pyrrole nitrogens is 1. The number of nitrogens with zero attached hydrogens (tertiary/aromatic N) is 1. The Labute approximate surface area is 136 Å². The molecule has 128 valence electrons. The molecular weight excluding hydrogens is 321 g/mol. The van der Waals surface area contributed by atoms with Crippen LogP contribution in [0.15, 0.2) is 30.5 Å². The van der Waals surface area contributed by atoms with E-state index in [0.29, 0.717) is 11.6 Å². The van der Waals surface area contributed by atoms with Gasteiger partial charge in [-0.25, -0.2) is 0 Å². The number of nitrogens with one attached hydrogen (secondary N) is 3. The van der Waals surface area contributed by atoms with Crippen molar-refractivity contribution in [1.82, 2.24) is 15.5 Å². The number of carbonyl (C=O) groups excluding carboxylic acids is 1. The Bertz CT molecular complexity index is 703. The summed E-state index contributed by atoms with van der Waals surface area (Å²) in [5.41, 5.74) is -0.0444. The Morgan fingerprint density at radius 2 is 1.83 bits per heavy atom. The second-order valence-corrected chi connectivity index (χ2v) is 5.76. The molecule has 2 heterocycles. The van der Waals surface area contributed by atoms with Gasteiger partial charge in [0.25, 0.3) is 5.91 Å². The Morgan fingerprint density at radius 1 is 1.17 bits per heavy atom. The SMILES string of the molecule is O=C(Nc1ccc(C2CCNCC2)cc1)c1cn[nH]c1C(F)(F)F. The molecule has 3 N–H and O–H groups in total. The van der Waals surface area contributed by atoms with Crippen LogP contribution in [0.1, 0.15) is 40.4 Å². The molecule has 1 aliphatic heterocycles. The van der Waals surface area contributed by atoms with Crippen molar-refractivity contribution in [3.05, 3.63) is 47.3 Å². The average molecular weight is 338 g/mol. The summed E-state index contributed by atoms with van der Waals surface area (Å²) in [6.45, 7) is 1.95. The number of carbonyl (C=O) groups is 1. The molecule has 1 aliphatic rings. The Hall–Kier alpha value is -2.35. The van der Waals surface area contributed by atoms with E-state index in [1.165, 1.54) is 5.56 Å². The van der Waals surface area contributed by atoms with Crippen LogP contribution in [0.5, 0.6) is 0 Å². The van der Waals surface area contributed by atoms with Crippen LogP contribution in [0, 0.1) is 0 Å². The first kappa shape index (κ1) is 16.5. The fourth-order valence-electron chi connectivity index (χ4n) is 2.87. The van der Waals surface area contributed by atoms with Gasteiger partial charge in [0, 0.05) is 5.69 Å². The van der Waals surface area contributed by atoms with Gasteiger partial charge in [-0.3, -0.25) is 9.89 Å². The standard InChI is InChI=1S/C16H17F3N4O/c17-16(18,19)14-13(9-21-23-14)15(24)22-12-3-1-10(2-4-12)11-5-7-20-8-6-11/h1-4,9,11,20H,5-8H2,(H,21,23)(H,22,24). The number of piperidine rings is 1. The van der Waals surface area contributed by atoms with E-state index < -0.39 is 23.3 Å². The lowest BCUT2D eigenvalue weighted by atomic mass is 9.90. The minimum atomic E-state index is -4.65. The van der Waals surface area contributed by atoms with E-state index in [4.69, 9.17) is 0 Å². The zero-order valence-corrected chi connectivity index (χ0v) is 12.8. The molecule has 24 heavy (non-hydrogen) atoms. The highest BCUT2D eigenvalue weighted by Crippen LogP contribution is 2.30. The molecule has 0 bridgehead atoms. The van der Waals surface area contributed by atoms with Crippen LogP contribution in [0.2, 0.25) is 0 Å². The third-order valence-electron chi connectivity index (χ3n) is 4.15. The summed E-state index contributed by atoms with van der Waals surface area (Å²) in [6.07, 6.45) is -1.67. The fraction of sp³-hybridized carbons (Fsp3) is 0.375. The molecule has 0 unspecified atom stereocenters. The number of rotatable bonds is 3. The number of aromatic amines is 1. The van der Waals surface area contributed by atoms with Gasteiger partial charge in [0.15, 0.2) is 5.69 Å². The van der Waals surface area contributed by atoms with Gasteiger partial charge in [-0.1, -0.05) is 12.1 Å². The van der Waals surface area contributed by atoms with Crippen molar-refractivity contribution < 1.29 is 18.0 Å². The second kappa shape index (κ2) is 6.64. The Balaban J connectivity index is 1.70. The van der Waals surface area contributed by atoms with Crippen LogP contribution >= 0.6 is 0 Å². The molecule has 1 amide bonds. The van der Waals surface area contributed by atoms with Crippen molar-refractivity contribution in [2.45, 2.75) is 24.9 Å². The van der Waals surface area contributed by atoms with Crippen LogP contribution < -0.4 is 10.6 Å². The molecule has 1 saturated heterocycles. The lowest BCUT2D eigenvalue weighted by molar-refractivity contribution is -0.141. The van der Waals surface area contributed by atoms with Crippen molar-refractivity contribution in [3.63, 3.8) is 0 Å². The van der Waals surface area contributed by atoms with Gasteiger partial charge in [-0.2, -0.15) is 18.3 Å². The highest BCUT2D eigenvalue weighted by molar-refractivity contribution is 6.05. The molecule has 5 nitrogen and oxygen atoms in total. The molecule has 0 atom stereocenters. The molecule has 2 aromatic rings. The van der Waals surface area contributed by atoms with Crippen molar-refractivity contribution in [1.29, 1.82) is 0 Å². The maximum atomic E-state index is 12.8. The normalized spacial score (nSPS) is 16.1. The van der Waals surface area contributed by atoms with Crippen molar-refractivity contribution in [2.24, 2.45) is 0 Å². The lowest BCUT2D eigenvalue weighted by Crippen LogP contribution is -2.26. The van der Waals surface area contributed by atoms with E-state index in [1.54, 1.807) is 12.1 Å². The van der Waals surface area contributed by atoms with Crippen LogP contribution in [-0.4, -0.2) is 29.2 Å². The van der Waals surface area contributed by atoms with E-state index in [9.17, 15) is 18.0 Å². The summed E-state index contributed by atoms with van der Waals surface area (Å²) in [5, 5.41) is 10.9. The number of amides is 1. The molecular formula is C16H17F3N4O. The van der Waals surface area contributed by atoms with Gasteiger partial charge in [-0.05, 0) is 49.5 Å². The van der Waals surface area contributed by atoms with Crippen molar-refractivity contribution in [3.8, 4) is 0 Å². The van der Waals surface area contributed by atoms with Gasteiger partial charge >= 0.3 is 6.18 Å². The molecule has 1 aromatic heterocycles. The number of aromatic nitrogens is 2. The van der Waals surface area contributed by atoms with Crippen LogP contribution in [0.4, 0.5) is 18.9 Å². The van der Waals surface area contributed by atoms with Crippen LogP contribution in [0.25, 0.3) is 0 Å². The molecule has 8 heteroatoms. The van der Waals surface area contributed by atoms with Gasteiger partial charge in [0.05, 0.1) is 11.8 Å². The Morgan fingerprint density at radius 3 is 2.46 bits per heavy atom. The minimum Gasteiger partial charge on any atom is -0.322 e. The molecule has 0 spiro atoms. The number of anilines is 1. The summed E-state index contributed by atoms with van der Waals surface area (Å²) < 4.78 is 38.3. The van der Waals surface area contributed by atoms with E-state index in [2.05, 4.69) is 15.7 Å². The fourth-order valence-corrected chi connectivity index (χ4v) is 2.87. The van der Waals surface area contributed by atoms with Gasteiger partial charge in [0.2, 0.25) is 0 Å². The number of halogens is 3. The van der Waals surface area contributed by atoms with E-state index in [0.717, 1.165) is 32.1 Å². The van der Waals surface area contributed by atoms with E-state index in [-0.39, 0.29) is 0 Å². The largest absolute Gasteiger partial charge is 0.433 e. The third kappa shape index (κ3) is 3.59. The molecule has 0 saturated carbocycles. The topological polar surface area (TPSA) is 69.8 Å². The summed E-state index contributed by atoms with van der Waals surface area (Å²) in [6, 6.07) is 7.24. The first-order valence-corrected chi connectivity index (χ1v) is 7.68. The van der Waals surface area contributed by atoms with Crippen LogP contribution in [-0.2, 0) is 6.18 Å². The zero-order valence-electron chi connectivity index (χ0n) is 12.8. The number of alkyl halides is 3. The highest BCUT2D eigenvalue weighted by Gasteiger charge is 2.37. The number of benzene rings is 1. The average Bonchev–Trinajstić information content (AvgIpc) is 3.06. The summed E-state index contributed by atoms with van der Waals surface area (Å²) in [4.78, 5) is 12.0. The predicted octanol–water partition coefficient (Wildman–Crippen LogP) is 3.15. The third-order valence-corrected chi connectivity index (χ3v) is 4.15. The summed E-state index contributed by atoms with van der Waals surface area (Å²) >= 11 is 0. The quantitative estimate of drug-likeness (QED) is 0.805. The van der Waals surface area contributed by atoms with Gasteiger partial charge in [0.1, 0.15) is 0 Å². The molecule has 1 fully saturated rings. The number of hydrogen-bond acceptors (Lipinski definition) is 3. The molecule has 0 radical (unpaired) electrons. The van der Waals surface area contributed by atoms with Crippen LogP contribution in [0.3, 0.4) is 0 Å². The number of hydrogen-bond donors (Lipinski definition) is 3. The monoisotopic (exact) mass is 338 g/mol. The zero-order chi connectivity index (χ0) is 17.2. The second-order valence-electron chi connectivity index (χ2n) is 5.76. The maximum absolute atomic E-state index is 12.8. The predicted molar refractivity (Wildman–Crippen MR) is 82.8 cm³/mol. The maximum Gasteiger partial charge on any atom is 0.433 e. The van der Waals surface area contributed by atoms with Gasteiger partial charge in [-0.15, -0.1) is 0 Å². The first-order chi connectivity index (χ1) is 11.4. The summed E-state index contributed by atoms with van der Waals surface area (Å²) in [5.74, 6) is -0.368. The van der Waals surface area contributed by atoms with Crippen molar-refractivity contribution >= 4 is 11.6 Å². The van der Waals surface area contributed by atoms with E-state index >= 15 is 0 Å². The molecule has 0 aliphatic carbocycles. The Kier molecular flexibility index (Phi) is 4.57.